The maximum atomic E-state index is 13.9. The third-order valence-electron chi connectivity index (χ3n) is 3.08. The van der Waals surface area contributed by atoms with E-state index in [0.29, 0.717) is 17.2 Å². The first kappa shape index (κ1) is 15.5. The molecule has 1 atom stereocenters. The van der Waals surface area contributed by atoms with E-state index < -0.39 is 11.7 Å². The quantitative estimate of drug-likeness (QED) is 0.804. The van der Waals surface area contributed by atoms with Crippen LogP contribution >= 0.6 is 0 Å². The summed E-state index contributed by atoms with van der Waals surface area (Å²) >= 11 is 0. The van der Waals surface area contributed by atoms with Crippen LogP contribution in [0.25, 0.3) is 0 Å². The van der Waals surface area contributed by atoms with E-state index in [9.17, 15) is 9.18 Å². The van der Waals surface area contributed by atoms with Crippen molar-refractivity contribution in [1.29, 1.82) is 0 Å². The average molecular weight is 266 g/mol. The highest BCUT2D eigenvalue weighted by Crippen LogP contribution is 2.17. The van der Waals surface area contributed by atoms with E-state index in [1.807, 2.05) is 6.92 Å². The van der Waals surface area contributed by atoms with Gasteiger partial charge >= 0.3 is 0 Å². The lowest BCUT2D eigenvalue weighted by atomic mass is 10.0. The molecular weight excluding hydrogens is 243 g/mol. The Hall–Kier alpha value is -1.58. The van der Waals surface area contributed by atoms with Crippen LogP contribution in [0.2, 0.25) is 0 Å². The molecule has 0 fully saturated rings. The minimum atomic E-state index is -0.497. The van der Waals surface area contributed by atoms with Crippen LogP contribution in [0.1, 0.15) is 49.5 Å². The molecule has 0 bridgehead atoms. The van der Waals surface area contributed by atoms with Gasteiger partial charge in [-0.2, -0.15) is 0 Å². The summed E-state index contributed by atoms with van der Waals surface area (Å²) in [6, 6.07) is 2.93. The average Bonchev–Trinajstić information content (AvgIpc) is 2.31. The number of halogens is 1. The monoisotopic (exact) mass is 266 g/mol. The highest BCUT2D eigenvalue weighted by Gasteiger charge is 2.16. The zero-order valence-electron chi connectivity index (χ0n) is 12.1. The number of anilines is 1. The largest absolute Gasteiger partial charge is 0.399 e. The molecule has 0 aromatic heterocycles. The summed E-state index contributed by atoms with van der Waals surface area (Å²) < 4.78 is 13.9. The first-order valence-electron chi connectivity index (χ1n) is 6.67. The molecule has 19 heavy (non-hydrogen) atoms. The van der Waals surface area contributed by atoms with Crippen LogP contribution in [-0.2, 0) is 0 Å². The lowest BCUT2D eigenvalue weighted by molar-refractivity contribution is 0.0933. The van der Waals surface area contributed by atoms with E-state index in [2.05, 4.69) is 19.2 Å². The molecule has 0 spiro atoms. The third-order valence-corrected chi connectivity index (χ3v) is 3.08. The molecule has 3 nitrogen and oxygen atoms in total. The predicted molar refractivity (Wildman–Crippen MR) is 76.5 cm³/mol. The zero-order chi connectivity index (χ0) is 14.6. The lowest BCUT2D eigenvalue weighted by Crippen LogP contribution is -2.33. The summed E-state index contributed by atoms with van der Waals surface area (Å²) in [7, 11) is 0. The van der Waals surface area contributed by atoms with Gasteiger partial charge in [-0.25, -0.2) is 4.39 Å². The first-order valence-corrected chi connectivity index (χ1v) is 6.67. The summed E-state index contributed by atoms with van der Waals surface area (Å²) in [5.41, 5.74) is 6.46. The molecule has 1 aromatic rings. The summed E-state index contributed by atoms with van der Waals surface area (Å²) in [5.74, 6) is -0.308. The number of nitrogen functional groups attached to an aromatic ring is 1. The second-order valence-electron chi connectivity index (χ2n) is 5.55. The molecule has 0 saturated heterocycles. The number of hydrogen-bond donors (Lipinski definition) is 2. The molecule has 4 heteroatoms. The fourth-order valence-electron chi connectivity index (χ4n) is 1.92. The Kier molecular flexibility index (Phi) is 5.33. The second kappa shape index (κ2) is 6.55. The number of carbonyl (C=O) groups is 1. The Labute approximate surface area is 114 Å². The number of nitrogens with one attached hydrogen (secondary N) is 1. The third kappa shape index (κ3) is 4.54. The van der Waals surface area contributed by atoms with Gasteiger partial charge in [0.15, 0.2) is 0 Å². The zero-order valence-corrected chi connectivity index (χ0v) is 12.1. The van der Waals surface area contributed by atoms with Gasteiger partial charge in [-0.15, -0.1) is 0 Å². The van der Waals surface area contributed by atoms with Crippen LogP contribution in [0, 0.1) is 18.7 Å². The Morgan fingerprint density at radius 1 is 1.32 bits per heavy atom. The Bertz CT molecular complexity index is 458. The van der Waals surface area contributed by atoms with Crippen molar-refractivity contribution in [3.63, 3.8) is 0 Å². The normalized spacial score (nSPS) is 12.5. The van der Waals surface area contributed by atoms with Crippen molar-refractivity contribution in [3.05, 3.63) is 29.1 Å². The van der Waals surface area contributed by atoms with E-state index >= 15 is 0 Å². The highest BCUT2D eigenvalue weighted by atomic mass is 19.1. The fourth-order valence-corrected chi connectivity index (χ4v) is 1.92. The van der Waals surface area contributed by atoms with Crippen LogP contribution in [-0.4, -0.2) is 11.9 Å². The predicted octanol–water partition coefficient (Wildman–Crippen LogP) is 3.27. The highest BCUT2D eigenvalue weighted by molar-refractivity contribution is 5.95. The van der Waals surface area contributed by atoms with Crippen LogP contribution < -0.4 is 11.1 Å². The number of rotatable bonds is 5. The summed E-state index contributed by atoms with van der Waals surface area (Å²) in [4.78, 5) is 12.0. The Morgan fingerprint density at radius 2 is 1.95 bits per heavy atom. The van der Waals surface area contributed by atoms with Crippen molar-refractivity contribution in [2.24, 2.45) is 5.92 Å². The van der Waals surface area contributed by atoms with E-state index in [-0.39, 0.29) is 11.6 Å². The molecule has 1 amide bonds. The molecule has 0 radical (unpaired) electrons. The van der Waals surface area contributed by atoms with Gasteiger partial charge in [-0.05, 0) is 50.3 Å². The van der Waals surface area contributed by atoms with Crippen LogP contribution in [0.3, 0.4) is 0 Å². The van der Waals surface area contributed by atoms with Gasteiger partial charge < -0.3 is 11.1 Å². The molecule has 106 valence electrons. The van der Waals surface area contributed by atoms with Gasteiger partial charge in [0.2, 0.25) is 0 Å². The van der Waals surface area contributed by atoms with E-state index in [4.69, 9.17) is 5.73 Å². The van der Waals surface area contributed by atoms with Gasteiger partial charge in [0, 0.05) is 11.7 Å². The van der Waals surface area contributed by atoms with Crippen molar-refractivity contribution < 1.29 is 9.18 Å². The maximum absolute atomic E-state index is 13.9. The van der Waals surface area contributed by atoms with E-state index in [1.54, 1.807) is 6.92 Å². The summed E-state index contributed by atoms with van der Waals surface area (Å²) in [5, 5.41) is 2.81. The van der Waals surface area contributed by atoms with E-state index in [0.717, 1.165) is 12.8 Å². The van der Waals surface area contributed by atoms with Crippen molar-refractivity contribution in [3.8, 4) is 0 Å². The van der Waals surface area contributed by atoms with Crippen molar-refractivity contribution >= 4 is 11.6 Å². The Morgan fingerprint density at radius 3 is 2.53 bits per heavy atom. The minimum absolute atomic E-state index is 0.0221. The molecule has 0 aliphatic heterocycles. The molecule has 0 heterocycles. The topological polar surface area (TPSA) is 55.1 Å². The number of aryl methyl sites for hydroxylation is 1. The summed E-state index contributed by atoms with van der Waals surface area (Å²) in [6.07, 6.45) is 1.91. The molecule has 1 aromatic carbocycles. The number of nitrogens with two attached hydrogens (primary N) is 1. The molecule has 0 saturated carbocycles. The van der Waals surface area contributed by atoms with Crippen molar-refractivity contribution in [1.82, 2.24) is 5.32 Å². The van der Waals surface area contributed by atoms with Gasteiger partial charge in [0.25, 0.3) is 5.91 Å². The standard InChI is InChI=1S/C15H23FN2O/c1-9(2)5-6-11(4)18-15(19)13-8-12(17)7-10(3)14(13)16/h7-9,11H,5-6,17H2,1-4H3,(H,18,19). The number of hydrogen-bond acceptors (Lipinski definition) is 2. The molecule has 0 aliphatic rings. The van der Waals surface area contributed by atoms with Gasteiger partial charge in [0.05, 0.1) is 5.56 Å². The van der Waals surface area contributed by atoms with Crippen molar-refractivity contribution in [2.45, 2.75) is 46.6 Å². The lowest BCUT2D eigenvalue weighted by Gasteiger charge is -2.16. The second-order valence-corrected chi connectivity index (χ2v) is 5.55. The molecule has 3 N–H and O–H groups in total. The minimum Gasteiger partial charge on any atom is -0.399 e. The first-order chi connectivity index (χ1) is 8.81. The van der Waals surface area contributed by atoms with Crippen LogP contribution in [0.5, 0.6) is 0 Å². The molecule has 0 aliphatic carbocycles. The van der Waals surface area contributed by atoms with Crippen LogP contribution in [0.4, 0.5) is 10.1 Å². The Balaban J connectivity index is 2.73. The molecule has 1 unspecified atom stereocenters. The van der Waals surface area contributed by atoms with Gasteiger partial charge in [-0.1, -0.05) is 13.8 Å². The number of benzene rings is 1. The maximum Gasteiger partial charge on any atom is 0.254 e. The SMILES string of the molecule is Cc1cc(N)cc(C(=O)NC(C)CCC(C)C)c1F. The van der Waals surface area contributed by atoms with Gasteiger partial charge in [-0.3, -0.25) is 4.79 Å². The number of amides is 1. The molecule has 1 rings (SSSR count). The van der Waals surface area contributed by atoms with Gasteiger partial charge in [0.1, 0.15) is 5.82 Å². The smallest absolute Gasteiger partial charge is 0.254 e. The van der Waals surface area contributed by atoms with E-state index in [1.165, 1.54) is 12.1 Å². The fraction of sp³-hybridized carbons (Fsp3) is 0.533. The van der Waals surface area contributed by atoms with Crippen molar-refractivity contribution in [2.75, 3.05) is 5.73 Å². The number of carbonyl (C=O) groups excluding carboxylic acids is 1. The molecular formula is C15H23FN2O. The summed E-state index contributed by atoms with van der Waals surface area (Å²) in [6.45, 7) is 7.80. The van der Waals surface area contributed by atoms with Crippen LogP contribution in [0.15, 0.2) is 12.1 Å².